The van der Waals surface area contributed by atoms with Crippen molar-refractivity contribution in [2.24, 2.45) is 5.73 Å². The average Bonchev–Trinajstić information content (AvgIpc) is 2.18. The Morgan fingerprint density at radius 2 is 2.07 bits per heavy atom. The summed E-state index contributed by atoms with van der Waals surface area (Å²) in [6.45, 7) is 3.35. The molecule has 0 aromatic heterocycles. The van der Waals surface area contributed by atoms with E-state index >= 15 is 0 Å². The first kappa shape index (κ1) is 11.1. The highest BCUT2D eigenvalue weighted by Crippen LogP contribution is 2.20. The third-order valence-corrected chi connectivity index (χ3v) is 2.50. The topological polar surface area (TPSA) is 29.3 Å². The number of hydrogen-bond acceptors (Lipinski definition) is 2. The highest BCUT2D eigenvalue weighted by molar-refractivity contribution is 5.20. The Kier molecular flexibility index (Phi) is 4.04. The summed E-state index contributed by atoms with van der Waals surface area (Å²) >= 11 is 0. The lowest BCUT2D eigenvalue weighted by Crippen LogP contribution is -2.28. The molecule has 0 radical (unpaired) electrons. The summed E-state index contributed by atoms with van der Waals surface area (Å²) in [4.78, 5) is 2.04. The van der Waals surface area contributed by atoms with E-state index < -0.39 is 0 Å². The van der Waals surface area contributed by atoms with E-state index in [1.807, 2.05) is 31.0 Å². The molecular weight excluding hydrogens is 179 g/mol. The quantitative estimate of drug-likeness (QED) is 0.795. The van der Waals surface area contributed by atoms with Crippen LogP contribution in [-0.2, 0) is 0 Å². The molecule has 0 heterocycles. The second kappa shape index (κ2) is 5.08. The van der Waals surface area contributed by atoms with Crippen molar-refractivity contribution in [3.8, 4) is 0 Å². The molecule has 0 saturated carbocycles. The normalized spacial score (nSPS) is 13.2. The summed E-state index contributed by atoms with van der Waals surface area (Å²) in [5.41, 5.74) is 6.17. The van der Waals surface area contributed by atoms with E-state index in [-0.39, 0.29) is 11.9 Å². The Morgan fingerprint density at radius 1 is 1.43 bits per heavy atom. The number of nitrogens with zero attached hydrogens (tertiary/aromatic N) is 1. The molecule has 2 N–H and O–H groups in total. The van der Waals surface area contributed by atoms with Crippen LogP contribution >= 0.6 is 0 Å². The molecule has 0 amide bonds. The van der Waals surface area contributed by atoms with Crippen LogP contribution in [0, 0.1) is 5.82 Å². The number of nitrogens with two attached hydrogens (primary N) is 1. The number of rotatable bonds is 4. The van der Waals surface area contributed by atoms with Gasteiger partial charge in [0.2, 0.25) is 0 Å². The van der Waals surface area contributed by atoms with Crippen LogP contribution in [0.5, 0.6) is 0 Å². The Bertz CT molecular complexity index is 288. The van der Waals surface area contributed by atoms with Crippen LogP contribution in [0.1, 0.15) is 18.5 Å². The van der Waals surface area contributed by atoms with Crippen molar-refractivity contribution in [1.29, 1.82) is 0 Å². The molecule has 0 spiro atoms. The first-order chi connectivity index (χ1) is 6.66. The Hall–Kier alpha value is -0.930. The Morgan fingerprint density at radius 3 is 2.64 bits per heavy atom. The van der Waals surface area contributed by atoms with Gasteiger partial charge in [-0.2, -0.15) is 0 Å². The predicted octanol–water partition coefficient (Wildman–Crippen LogP) is 1.78. The van der Waals surface area contributed by atoms with Gasteiger partial charge >= 0.3 is 0 Å². The van der Waals surface area contributed by atoms with Gasteiger partial charge in [0.1, 0.15) is 5.82 Å². The smallest absolute Gasteiger partial charge is 0.127 e. The minimum absolute atomic E-state index is 0.0692. The molecule has 1 unspecified atom stereocenters. The van der Waals surface area contributed by atoms with Crippen molar-refractivity contribution in [2.45, 2.75) is 13.0 Å². The largest absolute Gasteiger partial charge is 0.329 e. The highest BCUT2D eigenvalue weighted by Gasteiger charge is 2.13. The number of halogens is 1. The van der Waals surface area contributed by atoms with E-state index in [0.29, 0.717) is 6.54 Å². The van der Waals surface area contributed by atoms with Crippen LogP contribution in [0.2, 0.25) is 0 Å². The molecule has 0 fully saturated rings. The SMILES string of the molecule is CC(c1ccccc1F)N(C)CCN. The molecule has 1 aromatic carbocycles. The van der Waals surface area contributed by atoms with Crippen molar-refractivity contribution in [2.75, 3.05) is 20.1 Å². The van der Waals surface area contributed by atoms with E-state index in [4.69, 9.17) is 5.73 Å². The molecule has 0 aliphatic rings. The molecule has 0 saturated heterocycles. The van der Waals surface area contributed by atoms with E-state index in [9.17, 15) is 4.39 Å². The van der Waals surface area contributed by atoms with Gasteiger partial charge in [-0.25, -0.2) is 4.39 Å². The van der Waals surface area contributed by atoms with E-state index in [2.05, 4.69) is 0 Å². The summed E-state index contributed by atoms with van der Waals surface area (Å²) in [6.07, 6.45) is 0. The third kappa shape index (κ3) is 2.53. The number of benzene rings is 1. The second-order valence-corrected chi connectivity index (χ2v) is 3.47. The van der Waals surface area contributed by atoms with Crippen molar-refractivity contribution in [3.05, 3.63) is 35.6 Å². The maximum absolute atomic E-state index is 13.4. The zero-order chi connectivity index (χ0) is 10.6. The Balaban J connectivity index is 2.78. The summed E-state index contributed by atoms with van der Waals surface area (Å²) < 4.78 is 13.4. The highest BCUT2D eigenvalue weighted by atomic mass is 19.1. The van der Waals surface area contributed by atoms with Gasteiger partial charge in [0, 0.05) is 24.7 Å². The molecule has 1 aromatic rings. The number of likely N-dealkylation sites (N-methyl/N-ethyl adjacent to an activating group) is 1. The van der Waals surface area contributed by atoms with Crippen molar-refractivity contribution >= 4 is 0 Å². The third-order valence-electron chi connectivity index (χ3n) is 2.50. The van der Waals surface area contributed by atoms with Gasteiger partial charge in [0.05, 0.1) is 0 Å². The maximum Gasteiger partial charge on any atom is 0.127 e. The molecule has 14 heavy (non-hydrogen) atoms. The molecule has 0 aliphatic carbocycles. The zero-order valence-electron chi connectivity index (χ0n) is 8.70. The van der Waals surface area contributed by atoms with Crippen molar-refractivity contribution in [1.82, 2.24) is 4.90 Å². The van der Waals surface area contributed by atoms with Gasteiger partial charge in [-0.15, -0.1) is 0 Å². The summed E-state index contributed by atoms with van der Waals surface area (Å²) in [7, 11) is 1.95. The maximum atomic E-state index is 13.4. The van der Waals surface area contributed by atoms with Gasteiger partial charge in [0.25, 0.3) is 0 Å². The zero-order valence-corrected chi connectivity index (χ0v) is 8.70. The fourth-order valence-electron chi connectivity index (χ4n) is 1.45. The van der Waals surface area contributed by atoms with Crippen LogP contribution in [0.25, 0.3) is 0 Å². The minimum Gasteiger partial charge on any atom is -0.329 e. The first-order valence-corrected chi connectivity index (χ1v) is 4.81. The van der Waals surface area contributed by atoms with Gasteiger partial charge < -0.3 is 5.73 Å². The molecule has 1 rings (SSSR count). The van der Waals surface area contributed by atoms with Crippen LogP contribution in [-0.4, -0.2) is 25.0 Å². The van der Waals surface area contributed by atoms with Crippen LogP contribution in [0.3, 0.4) is 0 Å². The van der Waals surface area contributed by atoms with Crippen LogP contribution in [0.15, 0.2) is 24.3 Å². The fourth-order valence-corrected chi connectivity index (χ4v) is 1.45. The summed E-state index contributed by atoms with van der Waals surface area (Å²) in [6, 6.07) is 6.93. The summed E-state index contributed by atoms with van der Waals surface area (Å²) in [5, 5.41) is 0. The second-order valence-electron chi connectivity index (χ2n) is 3.47. The van der Waals surface area contributed by atoms with Gasteiger partial charge in [-0.1, -0.05) is 18.2 Å². The lowest BCUT2D eigenvalue weighted by Gasteiger charge is -2.24. The average molecular weight is 196 g/mol. The molecule has 0 bridgehead atoms. The van der Waals surface area contributed by atoms with Gasteiger partial charge in [0.15, 0.2) is 0 Å². The Labute approximate surface area is 84.5 Å². The monoisotopic (exact) mass is 196 g/mol. The predicted molar refractivity (Wildman–Crippen MR) is 56.5 cm³/mol. The van der Waals surface area contributed by atoms with Crippen LogP contribution < -0.4 is 5.73 Å². The number of hydrogen-bond donors (Lipinski definition) is 1. The molecule has 3 heteroatoms. The van der Waals surface area contributed by atoms with Crippen LogP contribution in [0.4, 0.5) is 4.39 Å². The van der Waals surface area contributed by atoms with E-state index in [1.54, 1.807) is 6.07 Å². The van der Waals surface area contributed by atoms with Gasteiger partial charge in [-0.05, 0) is 20.0 Å². The molecular formula is C11H17FN2. The van der Waals surface area contributed by atoms with Gasteiger partial charge in [-0.3, -0.25) is 4.90 Å². The van der Waals surface area contributed by atoms with Crippen molar-refractivity contribution < 1.29 is 4.39 Å². The molecule has 1 atom stereocenters. The standard InChI is InChI=1S/C11H17FN2/c1-9(14(2)8-7-13)10-5-3-4-6-11(10)12/h3-6,9H,7-8,13H2,1-2H3. The fraction of sp³-hybridized carbons (Fsp3) is 0.455. The first-order valence-electron chi connectivity index (χ1n) is 4.81. The minimum atomic E-state index is -0.149. The summed E-state index contributed by atoms with van der Waals surface area (Å²) in [5.74, 6) is -0.149. The lowest BCUT2D eigenvalue weighted by molar-refractivity contribution is 0.263. The lowest BCUT2D eigenvalue weighted by atomic mass is 10.1. The molecule has 0 aliphatic heterocycles. The van der Waals surface area contributed by atoms with Crippen molar-refractivity contribution in [3.63, 3.8) is 0 Å². The molecule has 78 valence electrons. The molecule has 2 nitrogen and oxygen atoms in total. The van der Waals surface area contributed by atoms with E-state index in [1.165, 1.54) is 6.07 Å². The van der Waals surface area contributed by atoms with E-state index in [0.717, 1.165) is 12.1 Å².